The SMILES string of the molecule is CCC(=O)C(O)(O)CNc1cc(NC(C)=O)ccc1OC. The van der Waals surface area contributed by atoms with Crippen molar-refractivity contribution < 1.29 is 24.5 Å². The molecule has 0 atom stereocenters. The van der Waals surface area contributed by atoms with E-state index in [1.54, 1.807) is 25.1 Å². The van der Waals surface area contributed by atoms with Gasteiger partial charge in [0, 0.05) is 19.0 Å². The Morgan fingerprint density at radius 3 is 2.52 bits per heavy atom. The number of ketones is 1. The number of anilines is 2. The molecule has 0 aliphatic rings. The van der Waals surface area contributed by atoms with Gasteiger partial charge in [0.05, 0.1) is 19.3 Å². The predicted octanol–water partition coefficient (Wildman–Crippen LogP) is 0.725. The highest BCUT2D eigenvalue weighted by atomic mass is 16.5. The smallest absolute Gasteiger partial charge is 0.241 e. The lowest BCUT2D eigenvalue weighted by molar-refractivity contribution is -0.176. The Morgan fingerprint density at radius 1 is 1.33 bits per heavy atom. The van der Waals surface area contributed by atoms with Gasteiger partial charge < -0.3 is 25.6 Å². The Kier molecular flexibility index (Phi) is 5.69. The van der Waals surface area contributed by atoms with Crippen LogP contribution in [0.15, 0.2) is 18.2 Å². The number of nitrogens with one attached hydrogen (secondary N) is 2. The standard InChI is InChI=1S/C14H20N2O5/c1-4-13(18)14(19,20)8-15-11-7-10(16-9(2)17)5-6-12(11)21-3/h5-7,15,19-20H,4,8H2,1-3H3,(H,16,17). The van der Waals surface area contributed by atoms with Crippen molar-refractivity contribution in [2.45, 2.75) is 26.1 Å². The van der Waals surface area contributed by atoms with Crippen LogP contribution in [0.3, 0.4) is 0 Å². The zero-order chi connectivity index (χ0) is 16.0. The van der Waals surface area contributed by atoms with Gasteiger partial charge in [-0.1, -0.05) is 6.92 Å². The first kappa shape index (κ1) is 16.9. The van der Waals surface area contributed by atoms with Crippen LogP contribution in [-0.4, -0.2) is 41.3 Å². The summed E-state index contributed by atoms with van der Waals surface area (Å²) in [6.07, 6.45) is 0.0117. The van der Waals surface area contributed by atoms with Crippen molar-refractivity contribution in [3.05, 3.63) is 18.2 Å². The molecule has 0 saturated carbocycles. The second-order valence-corrected chi connectivity index (χ2v) is 4.54. The van der Waals surface area contributed by atoms with Crippen LogP contribution in [0, 0.1) is 0 Å². The molecule has 0 bridgehead atoms. The van der Waals surface area contributed by atoms with Gasteiger partial charge in [0.1, 0.15) is 5.75 Å². The Labute approximate surface area is 122 Å². The van der Waals surface area contributed by atoms with E-state index in [1.165, 1.54) is 14.0 Å². The maximum absolute atomic E-state index is 11.4. The lowest BCUT2D eigenvalue weighted by Gasteiger charge is -2.21. The second-order valence-electron chi connectivity index (χ2n) is 4.54. The molecule has 21 heavy (non-hydrogen) atoms. The minimum Gasteiger partial charge on any atom is -0.495 e. The number of carbonyl (C=O) groups excluding carboxylic acids is 2. The van der Waals surface area contributed by atoms with Gasteiger partial charge in [-0.3, -0.25) is 9.59 Å². The van der Waals surface area contributed by atoms with Crippen molar-refractivity contribution in [2.75, 3.05) is 24.3 Å². The fourth-order valence-electron chi connectivity index (χ4n) is 1.73. The first-order valence-electron chi connectivity index (χ1n) is 6.47. The van der Waals surface area contributed by atoms with E-state index in [0.29, 0.717) is 17.1 Å². The average molecular weight is 296 g/mol. The minimum absolute atomic E-state index is 0.0117. The molecule has 0 spiro atoms. The van der Waals surface area contributed by atoms with Gasteiger partial charge in [0.15, 0.2) is 5.78 Å². The van der Waals surface area contributed by atoms with E-state index in [4.69, 9.17) is 4.74 Å². The van der Waals surface area contributed by atoms with Crippen LogP contribution >= 0.6 is 0 Å². The molecule has 0 saturated heterocycles. The molecule has 0 aliphatic carbocycles. The van der Waals surface area contributed by atoms with Crippen molar-refractivity contribution in [1.82, 2.24) is 0 Å². The average Bonchev–Trinajstić information content (AvgIpc) is 2.43. The molecule has 116 valence electrons. The molecule has 0 aromatic heterocycles. The van der Waals surface area contributed by atoms with Gasteiger partial charge in [0.25, 0.3) is 0 Å². The molecular formula is C14H20N2O5. The van der Waals surface area contributed by atoms with Gasteiger partial charge in [-0.2, -0.15) is 0 Å². The molecular weight excluding hydrogens is 276 g/mol. The normalized spacial score (nSPS) is 10.9. The fraction of sp³-hybridized carbons (Fsp3) is 0.429. The molecule has 0 unspecified atom stereocenters. The van der Waals surface area contributed by atoms with E-state index in [1.807, 2.05) is 0 Å². The van der Waals surface area contributed by atoms with Crippen LogP contribution in [0.4, 0.5) is 11.4 Å². The van der Waals surface area contributed by atoms with Crippen LogP contribution in [0.5, 0.6) is 5.75 Å². The van der Waals surface area contributed by atoms with E-state index in [0.717, 1.165) is 0 Å². The van der Waals surface area contributed by atoms with Crippen molar-refractivity contribution in [2.24, 2.45) is 0 Å². The molecule has 1 aromatic carbocycles. The van der Waals surface area contributed by atoms with Crippen LogP contribution in [0.2, 0.25) is 0 Å². The van der Waals surface area contributed by atoms with Gasteiger partial charge in [-0.25, -0.2) is 0 Å². The lowest BCUT2D eigenvalue weighted by atomic mass is 10.1. The van der Waals surface area contributed by atoms with Crippen molar-refractivity contribution in [3.63, 3.8) is 0 Å². The van der Waals surface area contributed by atoms with Gasteiger partial charge in [0.2, 0.25) is 11.7 Å². The molecule has 0 heterocycles. The van der Waals surface area contributed by atoms with Crippen LogP contribution in [-0.2, 0) is 9.59 Å². The highest BCUT2D eigenvalue weighted by Crippen LogP contribution is 2.28. The number of carbonyl (C=O) groups is 2. The van der Waals surface area contributed by atoms with E-state index in [-0.39, 0.29) is 18.9 Å². The lowest BCUT2D eigenvalue weighted by Crippen LogP contribution is -2.44. The third-order valence-electron chi connectivity index (χ3n) is 2.81. The van der Waals surface area contributed by atoms with E-state index in [2.05, 4.69) is 10.6 Å². The summed E-state index contributed by atoms with van der Waals surface area (Å²) >= 11 is 0. The van der Waals surface area contributed by atoms with E-state index >= 15 is 0 Å². The fourth-order valence-corrected chi connectivity index (χ4v) is 1.73. The largest absolute Gasteiger partial charge is 0.495 e. The zero-order valence-electron chi connectivity index (χ0n) is 12.3. The van der Waals surface area contributed by atoms with Crippen LogP contribution in [0.1, 0.15) is 20.3 Å². The third-order valence-corrected chi connectivity index (χ3v) is 2.81. The number of rotatable bonds is 7. The number of aliphatic hydroxyl groups is 2. The highest BCUT2D eigenvalue weighted by molar-refractivity contribution is 5.90. The first-order chi connectivity index (χ1) is 9.80. The summed E-state index contributed by atoms with van der Waals surface area (Å²) in [5.74, 6) is -2.93. The quantitative estimate of drug-likeness (QED) is 0.552. The molecule has 1 aromatic rings. The Balaban J connectivity index is 2.90. The number of hydrogen-bond donors (Lipinski definition) is 4. The van der Waals surface area contributed by atoms with Crippen molar-refractivity contribution >= 4 is 23.1 Å². The Hall–Kier alpha value is -2.12. The Morgan fingerprint density at radius 2 is 2.00 bits per heavy atom. The summed E-state index contributed by atoms with van der Waals surface area (Å²) in [6.45, 7) is 2.53. The third kappa shape index (κ3) is 4.73. The molecule has 0 fully saturated rings. The monoisotopic (exact) mass is 296 g/mol. The summed E-state index contributed by atoms with van der Waals surface area (Å²) in [7, 11) is 1.46. The molecule has 7 nitrogen and oxygen atoms in total. The number of Topliss-reactive ketones (excluding diaryl/α,β-unsaturated/α-hetero) is 1. The van der Waals surface area contributed by atoms with Crippen molar-refractivity contribution in [3.8, 4) is 5.75 Å². The molecule has 0 radical (unpaired) electrons. The molecule has 7 heteroatoms. The predicted molar refractivity (Wildman–Crippen MR) is 78.3 cm³/mol. The first-order valence-corrected chi connectivity index (χ1v) is 6.47. The van der Waals surface area contributed by atoms with Gasteiger partial charge in [-0.05, 0) is 18.2 Å². The van der Waals surface area contributed by atoms with Crippen LogP contribution < -0.4 is 15.4 Å². The molecule has 0 aliphatic heterocycles. The topological polar surface area (TPSA) is 108 Å². The maximum Gasteiger partial charge on any atom is 0.241 e. The maximum atomic E-state index is 11.4. The minimum atomic E-state index is -2.45. The molecule has 1 amide bonds. The molecule has 1 rings (SSSR count). The molecule has 4 N–H and O–H groups in total. The highest BCUT2D eigenvalue weighted by Gasteiger charge is 2.31. The number of hydrogen-bond acceptors (Lipinski definition) is 6. The van der Waals surface area contributed by atoms with E-state index in [9.17, 15) is 19.8 Å². The van der Waals surface area contributed by atoms with Crippen molar-refractivity contribution in [1.29, 1.82) is 0 Å². The van der Waals surface area contributed by atoms with E-state index < -0.39 is 11.6 Å². The summed E-state index contributed by atoms with van der Waals surface area (Å²) in [6, 6.07) is 4.84. The Bertz CT molecular complexity index is 528. The van der Waals surface area contributed by atoms with Gasteiger partial charge in [-0.15, -0.1) is 0 Å². The van der Waals surface area contributed by atoms with Gasteiger partial charge >= 0.3 is 0 Å². The number of benzene rings is 1. The summed E-state index contributed by atoms with van der Waals surface area (Å²) in [4.78, 5) is 22.4. The number of ether oxygens (including phenoxy) is 1. The second kappa shape index (κ2) is 7.05. The number of methoxy groups -OCH3 is 1. The summed E-state index contributed by atoms with van der Waals surface area (Å²) in [5.41, 5.74) is 0.953. The number of amides is 1. The van der Waals surface area contributed by atoms with Crippen LogP contribution in [0.25, 0.3) is 0 Å². The summed E-state index contributed by atoms with van der Waals surface area (Å²) < 4.78 is 5.13. The summed E-state index contributed by atoms with van der Waals surface area (Å²) in [5, 5.41) is 24.6. The zero-order valence-corrected chi connectivity index (χ0v) is 12.3.